The number of halogens is 1. The molecule has 2 N–H and O–H groups in total. The molecule has 8 nitrogen and oxygen atoms in total. The Labute approximate surface area is 225 Å². The summed E-state index contributed by atoms with van der Waals surface area (Å²) in [6, 6.07) is 20.0. The molecule has 1 aliphatic rings. The van der Waals surface area contributed by atoms with E-state index in [1.54, 1.807) is 24.3 Å². The molecule has 1 heterocycles. The van der Waals surface area contributed by atoms with E-state index < -0.39 is 17.8 Å². The van der Waals surface area contributed by atoms with Crippen LogP contribution in [0, 0.1) is 0 Å². The van der Waals surface area contributed by atoms with Crippen molar-refractivity contribution in [2.45, 2.75) is 26.7 Å². The minimum absolute atomic E-state index is 0.115. The summed E-state index contributed by atoms with van der Waals surface area (Å²) in [5.74, 6) is -2.18. The minimum Gasteiger partial charge on any atom is -0.462 e. The van der Waals surface area contributed by atoms with Crippen LogP contribution >= 0.6 is 11.6 Å². The van der Waals surface area contributed by atoms with Gasteiger partial charge in [-0.2, -0.15) is 0 Å². The molecule has 194 valence electrons. The van der Waals surface area contributed by atoms with Gasteiger partial charge in [-0.3, -0.25) is 14.4 Å². The summed E-state index contributed by atoms with van der Waals surface area (Å²) in [4.78, 5) is 51.7. The Bertz CT molecular complexity index is 1410. The van der Waals surface area contributed by atoms with Gasteiger partial charge in [-0.25, -0.2) is 9.69 Å². The molecule has 0 aromatic heterocycles. The lowest BCUT2D eigenvalue weighted by Crippen LogP contribution is -2.32. The molecule has 0 unspecified atom stereocenters. The number of esters is 1. The van der Waals surface area contributed by atoms with Gasteiger partial charge in [0.25, 0.3) is 17.7 Å². The van der Waals surface area contributed by atoms with Crippen molar-refractivity contribution < 1.29 is 23.9 Å². The zero-order chi connectivity index (χ0) is 27.2. The molecule has 1 aliphatic heterocycles. The van der Waals surface area contributed by atoms with Crippen molar-refractivity contribution in [3.05, 3.63) is 100 Å². The first-order valence-corrected chi connectivity index (χ1v) is 12.5. The number of hydrogen-bond donors (Lipinski definition) is 2. The van der Waals surface area contributed by atoms with Crippen LogP contribution in [-0.4, -0.2) is 30.3 Å². The third-order valence-electron chi connectivity index (χ3n) is 5.84. The number of amides is 3. The maximum Gasteiger partial charge on any atom is 0.338 e. The Hall–Kier alpha value is -4.43. The summed E-state index contributed by atoms with van der Waals surface area (Å²) in [6.45, 7) is 4.24. The second-order valence-electron chi connectivity index (χ2n) is 8.53. The fraction of sp³-hybridized carbons (Fsp3) is 0.172. The number of nitrogens with zero attached hydrogens (tertiary/aromatic N) is 1. The number of imide groups is 1. The van der Waals surface area contributed by atoms with Gasteiger partial charge in [0.2, 0.25) is 0 Å². The normalized spacial score (nSPS) is 13.1. The molecule has 3 aromatic rings. The van der Waals surface area contributed by atoms with E-state index in [-0.39, 0.29) is 22.3 Å². The summed E-state index contributed by atoms with van der Waals surface area (Å²) >= 11 is 6.24. The summed E-state index contributed by atoms with van der Waals surface area (Å²) in [5.41, 5.74) is 3.02. The lowest BCUT2D eigenvalue weighted by molar-refractivity contribution is -0.120. The molecule has 0 bridgehead atoms. The van der Waals surface area contributed by atoms with E-state index in [0.29, 0.717) is 35.5 Å². The van der Waals surface area contributed by atoms with Crippen LogP contribution in [0.4, 0.5) is 17.1 Å². The fourth-order valence-corrected chi connectivity index (χ4v) is 3.99. The van der Waals surface area contributed by atoms with Crippen LogP contribution in [0.5, 0.6) is 0 Å². The fourth-order valence-electron chi connectivity index (χ4n) is 3.78. The van der Waals surface area contributed by atoms with Gasteiger partial charge >= 0.3 is 5.97 Å². The SMILES string of the molecule is CCCOC(=O)c1ccc(N2C(=O)C(Cl)=C(Nc3cccc(C(=O)Nc4ccc(CC)cc4)c3)C2=O)cc1. The third-order valence-corrected chi connectivity index (χ3v) is 6.19. The van der Waals surface area contributed by atoms with Crippen molar-refractivity contribution >= 4 is 52.4 Å². The van der Waals surface area contributed by atoms with Gasteiger partial charge in [0, 0.05) is 16.9 Å². The number of nitrogens with one attached hydrogen (secondary N) is 2. The van der Waals surface area contributed by atoms with Crippen LogP contribution in [0.25, 0.3) is 0 Å². The Morgan fingerprint density at radius 3 is 2.24 bits per heavy atom. The van der Waals surface area contributed by atoms with E-state index in [2.05, 4.69) is 17.6 Å². The first kappa shape index (κ1) is 26.6. The average Bonchev–Trinajstić information content (AvgIpc) is 3.15. The largest absolute Gasteiger partial charge is 0.462 e. The highest BCUT2D eigenvalue weighted by Gasteiger charge is 2.39. The van der Waals surface area contributed by atoms with Crippen molar-refractivity contribution in [3.8, 4) is 0 Å². The molecule has 3 amide bonds. The Morgan fingerprint density at radius 1 is 0.868 bits per heavy atom. The smallest absolute Gasteiger partial charge is 0.338 e. The number of rotatable bonds is 9. The summed E-state index contributed by atoms with van der Waals surface area (Å²) < 4.78 is 5.10. The summed E-state index contributed by atoms with van der Waals surface area (Å²) in [7, 11) is 0. The second kappa shape index (κ2) is 11.7. The summed E-state index contributed by atoms with van der Waals surface area (Å²) in [5, 5.41) is 5.43. The van der Waals surface area contributed by atoms with E-state index in [1.807, 2.05) is 31.2 Å². The van der Waals surface area contributed by atoms with Gasteiger partial charge in [0.15, 0.2) is 0 Å². The first-order chi connectivity index (χ1) is 18.3. The number of ether oxygens (including phenoxy) is 1. The number of hydrogen-bond acceptors (Lipinski definition) is 6. The number of carbonyl (C=O) groups excluding carboxylic acids is 4. The Kier molecular flexibility index (Phi) is 8.23. The molecule has 0 fully saturated rings. The monoisotopic (exact) mass is 531 g/mol. The van der Waals surface area contributed by atoms with Gasteiger partial charge in [0.1, 0.15) is 10.7 Å². The maximum absolute atomic E-state index is 13.1. The Morgan fingerprint density at radius 2 is 1.58 bits per heavy atom. The zero-order valence-corrected chi connectivity index (χ0v) is 21.7. The van der Waals surface area contributed by atoms with Gasteiger partial charge in [0.05, 0.1) is 17.9 Å². The second-order valence-corrected chi connectivity index (χ2v) is 8.91. The van der Waals surface area contributed by atoms with Crippen LogP contribution in [0.2, 0.25) is 0 Å². The third kappa shape index (κ3) is 5.76. The molecule has 0 radical (unpaired) electrons. The van der Waals surface area contributed by atoms with E-state index in [0.717, 1.165) is 16.9 Å². The molecular formula is C29H26ClN3O5. The maximum atomic E-state index is 13.1. The van der Waals surface area contributed by atoms with Crippen molar-refractivity contribution in [1.82, 2.24) is 0 Å². The molecule has 0 saturated carbocycles. The molecular weight excluding hydrogens is 506 g/mol. The number of carbonyl (C=O) groups is 4. The van der Waals surface area contributed by atoms with Crippen LogP contribution in [0.15, 0.2) is 83.5 Å². The van der Waals surface area contributed by atoms with Gasteiger partial charge in [-0.05, 0) is 73.0 Å². The van der Waals surface area contributed by atoms with E-state index in [9.17, 15) is 19.2 Å². The molecule has 3 aromatic carbocycles. The molecule has 0 spiro atoms. The van der Waals surface area contributed by atoms with Crippen molar-refractivity contribution in [3.63, 3.8) is 0 Å². The minimum atomic E-state index is -0.704. The van der Waals surface area contributed by atoms with Gasteiger partial charge in [-0.15, -0.1) is 0 Å². The van der Waals surface area contributed by atoms with Crippen molar-refractivity contribution in [2.75, 3.05) is 22.1 Å². The molecule has 0 aliphatic carbocycles. The quantitative estimate of drug-likeness (QED) is 0.279. The van der Waals surface area contributed by atoms with Crippen LogP contribution in [0.1, 0.15) is 46.5 Å². The number of anilines is 3. The number of aryl methyl sites for hydroxylation is 1. The average molecular weight is 532 g/mol. The lowest BCUT2D eigenvalue weighted by Gasteiger charge is -2.15. The Balaban J connectivity index is 1.47. The topological polar surface area (TPSA) is 105 Å². The standard InChI is InChI=1S/C29H26ClN3O5/c1-3-16-38-29(37)19-10-14-23(15-11-19)33-27(35)24(30)25(28(33)36)31-22-7-5-6-20(17-22)26(34)32-21-12-8-18(4-2)9-13-21/h5-15,17,31H,3-4,16H2,1-2H3,(H,32,34). The zero-order valence-electron chi connectivity index (χ0n) is 20.9. The van der Waals surface area contributed by atoms with Gasteiger partial charge in [-0.1, -0.05) is 43.6 Å². The van der Waals surface area contributed by atoms with E-state index >= 15 is 0 Å². The van der Waals surface area contributed by atoms with Gasteiger partial charge < -0.3 is 15.4 Å². The van der Waals surface area contributed by atoms with Crippen molar-refractivity contribution in [1.29, 1.82) is 0 Å². The first-order valence-electron chi connectivity index (χ1n) is 12.2. The van der Waals surface area contributed by atoms with Crippen molar-refractivity contribution in [2.24, 2.45) is 0 Å². The highest BCUT2D eigenvalue weighted by molar-refractivity contribution is 6.53. The lowest BCUT2D eigenvalue weighted by atomic mass is 10.1. The molecule has 4 rings (SSSR count). The number of benzene rings is 3. The molecule has 0 atom stereocenters. The predicted octanol–water partition coefficient (Wildman–Crippen LogP) is 5.50. The summed E-state index contributed by atoms with van der Waals surface area (Å²) in [6.07, 6.45) is 1.60. The van der Waals surface area contributed by atoms with Crippen LogP contribution < -0.4 is 15.5 Å². The van der Waals surface area contributed by atoms with Crippen LogP contribution in [-0.2, 0) is 20.7 Å². The molecule has 0 saturated heterocycles. The van der Waals surface area contributed by atoms with E-state index in [1.165, 1.54) is 24.3 Å². The highest BCUT2D eigenvalue weighted by Crippen LogP contribution is 2.30. The highest BCUT2D eigenvalue weighted by atomic mass is 35.5. The van der Waals surface area contributed by atoms with E-state index in [4.69, 9.17) is 16.3 Å². The molecule has 38 heavy (non-hydrogen) atoms. The predicted molar refractivity (Wildman–Crippen MR) is 146 cm³/mol. The molecule has 9 heteroatoms. The van der Waals surface area contributed by atoms with Crippen LogP contribution in [0.3, 0.4) is 0 Å².